The fourth-order valence-electron chi connectivity index (χ4n) is 1.84. The molecule has 2 amide bonds. The Kier molecular flexibility index (Phi) is 3.41. The van der Waals surface area contributed by atoms with Gasteiger partial charge < -0.3 is 15.5 Å². The second-order valence-electron chi connectivity index (χ2n) is 4.10. The molecule has 1 fully saturated rings. The summed E-state index contributed by atoms with van der Waals surface area (Å²) in [4.78, 5) is 13.7. The molecule has 0 aromatic heterocycles. The van der Waals surface area contributed by atoms with E-state index in [4.69, 9.17) is 0 Å². The lowest BCUT2D eigenvalue weighted by atomic mass is 10.2. The first-order valence-electron chi connectivity index (χ1n) is 5.60. The van der Waals surface area contributed by atoms with Gasteiger partial charge in [-0.1, -0.05) is 18.2 Å². The number of amides is 2. The van der Waals surface area contributed by atoms with Gasteiger partial charge in [-0.05, 0) is 19.1 Å². The smallest absolute Gasteiger partial charge is 0.321 e. The number of nitrogens with one attached hydrogen (secondary N) is 2. The van der Waals surface area contributed by atoms with Gasteiger partial charge in [0.2, 0.25) is 0 Å². The molecule has 86 valence electrons. The quantitative estimate of drug-likeness (QED) is 0.752. The number of para-hydroxylation sites is 1. The summed E-state index contributed by atoms with van der Waals surface area (Å²) < 4.78 is 0. The summed E-state index contributed by atoms with van der Waals surface area (Å²) in [7, 11) is 0. The molecule has 1 aromatic rings. The maximum atomic E-state index is 11.9. The number of hydrogen-bond acceptors (Lipinski definition) is 2. The van der Waals surface area contributed by atoms with E-state index in [9.17, 15) is 4.79 Å². The van der Waals surface area contributed by atoms with Crippen LogP contribution in [0.4, 0.5) is 10.5 Å². The zero-order valence-electron chi connectivity index (χ0n) is 9.44. The predicted molar refractivity (Wildman–Crippen MR) is 64.5 cm³/mol. The highest BCUT2D eigenvalue weighted by atomic mass is 16.2. The first kappa shape index (κ1) is 11.0. The maximum absolute atomic E-state index is 11.9. The first-order valence-corrected chi connectivity index (χ1v) is 5.60. The topological polar surface area (TPSA) is 44.4 Å². The summed E-state index contributed by atoms with van der Waals surface area (Å²) in [5.74, 6) is 0. The zero-order chi connectivity index (χ0) is 11.4. The van der Waals surface area contributed by atoms with Gasteiger partial charge in [0.25, 0.3) is 0 Å². The molecule has 2 rings (SSSR count). The Morgan fingerprint density at radius 3 is 2.88 bits per heavy atom. The monoisotopic (exact) mass is 219 g/mol. The number of benzene rings is 1. The molecule has 1 aliphatic heterocycles. The van der Waals surface area contributed by atoms with Gasteiger partial charge in [-0.3, -0.25) is 0 Å². The van der Waals surface area contributed by atoms with Crippen molar-refractivity contribution in [3.8, 4) is 0 Å². The number of carbonyl (C=O) groups is 1. The minimum atomic E-state index is -0.0143. The van der Waals surface area contributed by atoms with Gasteiger partial charge in [0.15, 0.2) is 0 Å². The van der Waals surface area contributed by atoms with Crippen LogP contribution in [0.5, 0.6) is 0 Å². The molecule has 4 nitrogen and oxygen atoms in total. The summed E-state index contributed by atoms with van der Waals surface area (Å²) in [6.07, 6.45) is 0. The molecule has 4 heteroatoms. The molecule has 1 aliphatic rings. The molecule has 1 aromatic carbocycles. The van der Waals surface area contributed by atoms with E-state index < -0.39 is 0 Å². The number of piperazine rings is 1. The van der Waals surface area contributed by atoms with E-state index in [2.05, 4.69) is 17.6 Å². The van der Waals surface area contributed by atoms with Crippen LogP contribution in [-0.4, -0.2) is 36.6 Å². The lowest BCUT2D eigenvalue weighted by Gasteiger charge is -2.31. The van der Waals surface area contributed by atoms with E-state index in [0.29, 0.717) is 6.04 Å². The SMILES string of the molecule is C[C@H]1CN(C(=O)Nc2ccccc2)CCN1. The molecule has 16 heavy (non-hydrogen) atoms. The highest BCUT2D eigenvalue weighted by Gasteiger charge is 2.19. The summed E-state index contributed by atoms with van der Waals surface area (Å²) in [5.41, 5.74) is 0.846. The van der Waals surface area contributed by atoms with Crippen LogP contribution in [0, 0.1) is 0 Å². The Morgan fingerprint density at radius 2 is 2.19 bits per heavy atom. The Bertz CT molecular complexity index is 353. The fraction of sp³-hybridized carbons (Fsp3) is 0.417. The summed E-state index contributed by atoms with van der Waals surface area (Å²) in [6, 6.07) is 9.90. The van der Waals surface area contributed by atoms with Crippen molar-refractivity contribution in [2.24, 2.45) is 0 Å². The molecule has 0 aliphatic carbocycles. The average Bonchev–Trinajstić information content (AvgIpc) is 2.30. The van der Waals surface area contributed by atoms with Gasteiger partial charge in [0.1, 0.15) is 0 Å². The molecule has 2 N–H and O–H groups in total. The molecule has 0 unspecified atom stereocenters. The minimum Gasteiger partial charge on any atom is -0.322 e. The van der Waals surface area contributed by atoms with Gasteiger partial charge in [-0.15, -0.1) is 0 Å². The van der Waals surface area contributed by atoms with E-state index >= 15 is 0 Å². The van der Waals surface area contributed by atoms with Gasteiger partial charge in [-0.25, -0.2) is 4.79 Å². The maximum Gasteiger partial charge on any atom is 0.321 e. The van der Waals surface area contributed by atoms with Crippen molar-refractivity contribution in [2.75, 3.05) is 25.0 Å². The van der Waals surface area contributed by atoms with Gasteiger partial charge in [0, 0.05) is 31.4 Å². The average molecular weight is 219 g/mol. The largest absolute Gasteiger partial charge is 0.322 e. The standard InChI is InChI=1S/C12H17N3O/c1-10-9-15(8-7-13-10)12(16)14-11-5-3-2-4-6-11/h2-6,10,13H,7-9H2,1H3,(H,14,16)/t10-/m0/s1. The van der Waals surface area contributed by atoms with Crippen molar-refractivity contribution < 1.29 is 4.79 Å². The summed E-state index contributed by atoms with van der Waals surface area (Å²) in [5, 5.41) is 6.20. The van der Waals surface area contributed by atoms with E-state index in [1.54, 1.807) is 0 Å². The first-order chi connectivity index (χ1) is 7.75. The van der Waals surface area contributed by atoms with Crippen LogP contribution in [-0.2, 0) is 0 Å². The molecule has 1 saturated heterocycles. The third kappa shape index (κ3) is 2.73. The normalized spacial score (nSPS) is 20.6. The van der Waals surface area contributed by atoms with Crippen LogP contribution in [0.25, 0.3) is 0 Å². The van der Waals surface area contributed by atoms with Crippen molar-refractivity contribution in [3.63, 3.8) is 0 Å². The lowest BCUT2D eigenvalue weighted by Crippen LogP contribution is -2.52. The van der Waals surface area contributed by atoms with E-state index in [-0.39, 0.29) is 6.03 Å². The highest BCUT2D eigenvalue weighted by molar-refractivity contribution is 5.89. The van der Waals surface area contributed by atoms with Crippen molar-refractivity contribution in [1.82, 2.24) is 10.2 Å². The van der Waals surface area contributed by atoms with Crippen LogP contribution in [0.3, 0.4) is 0 Å². The van der Waals surface area contributed by atoms with Crippen molar-refractivity contribution >= 4 is 11.7 Å². The molecule has 0 radical (unpaired) electrons. The van der Waals surface area contributed by atoms with Gasteiger partial charge >= 0.3 is 6.03 Å². The van der Waals surface area contributed by atoms with Crippen molar-refractivity contribution in [2.45, 2.75) is 13.0 Å². The van der Waals surface area contributed by atoms with Crippen LogP contribution < -0.4 is 10.6 Å². The van der Waals surface area contributed by atoms with Crippen molar-refractivity contribution in [1.29, 1.82) is 0 Å². The molecular weight excluding hydrogens is 202 g/mol. The van der Waals surface area contributed by atoms with E-state index in [1.807, 2.05) is 35.2 Å². The third-order valence-electron chi connectivity index (χ3n) is 2.68. The molecule has 0 saturated carbocycles. The van der Waals surface area contributed by atoms with Crippen LogP contribution >= 0.6 is 0 Å². The second kappa shape index (κ2) is 4.99. The summed E-state index contributed by atoms with van der Waals surface area (Å²) >= 11 is 0. The molecule has 0 spiro atoms. The predicted octanol–water partition coefficient (Wildman–Crippen LogP) is 1.51. The third-order valence-corrected chi connectivity index (χ3v) is 2.68. The number of nitrogens with zero attached hydrogens (tertiary/aromatic N) is 1. The van der Waals surface area contributed by atoms with Crippen LogP contribution in [0.2, 0.25) is 0 Å². The summed E-state index contributed by atoms with van der Waals surface area (Å²) in [6.45, 7) is 4.48. The Balaban J connectivity index is 1.93. The number of carbonyl (C=O) groups excluding carboxylic acids is 1. The van der Waals surface area contributed by atoms with E-state index in [0.717, 1.165) is 25.3 Å². The Hall–Kier alpha value is -1.55. The molecule has 0 bridgehead atoms. The Labute approximate surface area is 95.6 Å². The van der Waals surface area contributed by atoms with Gasteiger partial charge in [0.05, 0.1) is 0 Å². The zero-order valence-corrected chi connectivity index (χ0v) is 9.44. The highest BCUT2D eigenvalue weighted by Crippen LogP contribution is 2.07. The molecular formula is C12H17N3O. The van der Waals surface area contributed by atoms with Gasteiger partial charge in [-0.2, -0.15) is 0 Å². The number of hydrogen-bond donors (Lipinski definition) is 2. The van der Waals surface area contributed by atoms with Crippen LogP contribution in [0.1, 0.15) is 6.92 Å². The number of anilines is 1. The Morgan fingerprint density at radius 1 is 1.44 bits per heavy atom. The molecule has 1 atom stereocenters. The minimum absolute atomic E-state index is 0.0143. The number of urea groups is 1. The molecule has 1 heterocycles. The second-order valence-corrected chi connectivity index (χ2v) is 4.10. The van der Waals surface area contributed by atoms with Crippen molar-refractivity contribution in [3.05, 3.63) is 30.3 Å². The fourth-order valence-corrected chi connectivity index (χ4v) is 1.84. The van der Waals surface area contributed by atoms with Crippen LogP contribution in [0.15, 0.2) is 30.3 Å². The lowest BCUT2D eigenvalue weighted by molar-refractivity contribution is 0.192. The number of rotatable bonds is 1. The van der Waals surface area contributed by atoms with E-state index in [1.165, 1.54) is 0 Å².